The number of carbonyl (C=O) groups is 1. The molecule has 0 saturated heterocycles. The van der Waals surface area contributed by atoms with Crippen LogP contribution in [0.4, 0.5) is 0 Å². The van der Waals surface area contributed by atoms with Crippen LogP contribution in [0.25, 0.3) is 16.2 Å². The Morgan fingerprint density at radius 2 is 2.20 bits per heavy atom. The predicted molar refractivity (Wildman–Crippen MR) is 80.0 cm³/mol. The largest absolute Gasteiger partial charge is 0.468 e. The summed E-state index contributed by atoms with van der Waals surface area (Å²) in [4.78, 5) is 12.3. The van der Waals surface area contributed by atoms with Gasteiger partial charge in [-0.2, -0.15) is 0 Å². The molecule has 1 aromatic carbocycles. The first-order chi connectivity index (χ1) is 9.72. The molecule has 0 atom stereocenters. The number of fused-ring (bicyclic) bond motifs is 1. The summed E-state index contributed by atoms with van der Waals surface area (Å²) in [5, 5.41) is 1.08. The van der Waals surface area contributed by atoms with Gasteiger partial charge in [0.2, 0.25) is 0 Å². The van der Waals surface area contributed by atoms with Gasteiger partial charge in [0.1, 0.15) is 5.75 Å². The molecule has 2 rings (SSSR count). The average Bonchev–Trinajstić information content (AvgIpc) is 2.85. The zero-order valence-corrected chi connectivity index (χ0v) is 12.2. The van der Waals surface area contributed by atoms with Crippen molar-refractivity contribution in [3.05, 3.63) is 35.2 Å². The molecule has 0 amide bonds. The van der Waals surface area contributed by atoms with Gasteiger partial charge < -0.3 is 14.2 Å². The van der Waals surface area contributed by atoms with Gasteiger partial charge in [0.25, 0.3) is 0 Å². The summed E-state index contributed by atoms with van der Waals surface area (Å²) in [6, 6.07) is 7.85. The molecule has 0 N–H and O–H groups in total. The SMILES string of the molecule is CCOC(=O)C=Cc1cc2cc(OCOC)ccc2s1. The van der Waals surface area contributed by atoms with E-state index in [0.717, 1.165) is 20.7 Å². The Hall–Kier alpha value is -1.85. The molecule has 0 aliphatic heterocycles. The van der Waals surface area contributed by atoms with Crippen LogP contribution < -0.4 is 4.74 Å². The predicted octanol–water partition coefficient (Wildman–Crippen LogP) is 3.46. The fourth-order valence-corrected chi connectivity index (χ4v) is 2.63. The van der Waals surface area contributed by atoms with Gasteiger partial charge >= 0.3 is 5.97 Å². The summed E-state index contributed by atoms with van der Waals surface area (Å²) in [5.41, 5.74) is 0. The molecule has 2 aromatic rings. The Labute approximate surface area is 121 Å². The Morgan fingerprint density at radius 1 is 1.35 bits per heavy atom. The molecule has 0 aliphatic carbocycles. The van der Waals surface area contributed by atoms with Crippen LogP contribution in [0.5, 0.6) is 5.75 Å². The maximum Gasteiger partial charge on any atom is 0.330 e. The minimum Gasteiger partial charge on any atom is -0.468 e. The third-order valence-electron chi connectivity index (χ3n) is 2.52. The van der Waals surface area contributed by atoms with Crippen molar-refractivity contribution >= 4 is 33.5 Å². The van der Waals surface area contributed by atoms with Crippen molar-refractivity contribution in [1.82, 2.24) is 0 Å². The van der Waals surface area contributed by atoms with E-state index >= 15 is 0 Å². The quantitative estimate of drug-likeness (QED) is 0.464. The lowest BCUT2D eigenvalue weighted by atomic mass is 10.2. The van der Waals surface area contributed by atoms with Gasteiger partial charge in [0.05, 0.1) is 6.61 Å². The second-order valence-electron chi connectivity index (χ2n) is 3.98. The molecule has 106 valence electrons. The van der Waals surface area contributed by atoms with E-state index in [9.17, 15) is 4.79 Å². The number of hydrogen-bond donors (Lipinski definition) is 0. The highest BCUT2D eigenvalue weighted by molar-refractivity contribution is 7.19. The number of esters is 1. The second-order valence-corrected chi connectivity index (χ2v) is 5.10. The van der Waals surface area contributed by atoms with E-state index in [4.69, 9.17) is 14.2 Å². The van der Waals surface area contributed by atoms with E-state index in [1.54, 1.807) is 31.4 Å². The Balaban J connectivity index is 2.14. The molecule has 1 aromatic heterocycles. The monoisotopic (exact) mass is 292 g/mol. The van der Waals surface area contributed by atoms with Crippen LogP contribution in [0.3, 0.4) is 0 Å². The van der Waals surface area contributed by atoms with Crippen molar-refractivity contribution in [1.29, 1.82) is 0 Å². The van der Waals surface area contributed by atoms with Crippen LogP contribution >= 0.6 is 11.3 Å². The molecule has 0 bridgehead atoms. The van der Waals surface area contributed by atoms with Gasteiger partial charge in [0, 0.05) is 22.8 Å². The van der Waals surface area contributed by atoms with E-state index in [-0.39, 0.29) is 12.8 Å². The zero-order chi connectivity index (χ0) is 14.4. The van der Waals surface area contributed by atoms with Crippen LogP contribution in [0, 0.1) is 0 Å². The van der Waals surface area contributed by atoms with Crippen molar-refractivity contribution < 1.29 is 19.0 Å². The molecule has 5 heteroatoms. The van der Waals surface area contributed by atoms with Gasteiger partial charge in [-0.1, -0.05) is 0 Å². The van der Waals surface area contributed by atoms with Crippen LogP contribution in [0.2, 0.25) is 0 Å². The number of methoxy groups -OCH3 is 1. The highest BCUT2D eigenvalue weighted by Gasteiger charge is 2.02. The van der Waals surface area contributed by atoms with Crippen molar-refractivity contribution in [2.45, 2.75) is 6.92 Å². The number of rotatable bonds is 6. The van der Waals surface area contributed by atoms with Crippen molar-refractivity contribution in [3.8, 4) is 5.75 Å². The maximum atomic E-state index is 11.3. The lowest BCUT2D eigenvalue weighted by Crippen LogP contribution is -1.98. The standard InChI is InChI=1S/C15H16O4S/c1-3-18-15(16)7-5-13-9-11-8-12(19-10-17-2)4-6-14(11)20-13/h4-9H,3,10H2,1-2H3. The molecule has 0 fully saturated rings. The van der Waals surface area contributed by atoms with Crippen LogP contribution in [0.15, 0.2) is 30.3 Å². The molecule has 4 nitrogen and oxygen atoms in total. The molecule has 0 spiro atoms. The summed E-state index contributed by atoms with van der Waals surface area (Å²) in [5.74, 6) is 0.437. The number of carbonyl (C=O) groups excluding carboxylic acids is 1. The second kappa shape index (κ2) is 7.07. The highest BCUT2D eigenvalue weighted by Crippen LogP contribution is 2.29. The van der Waals surface area contributed by atoms with Gasteiger partial charge in [-0.05, 0) is 42.7 Å². The molecular formula is C15H16O4S. The van der Waals surface area contributed by atoms with E-state index in [1.807, 2.05) is 24.3 Å². The van der Waals surface area contributed by atoms with Gasteiger partial charge in [-0.3, -0.25) is 0 Å². The number of thiophene rings is 1. The Morgan fingerprint density at radius 3 is 2.95 bits per heavy atom. The van der Waals surface area contributed by atoms with Crippen molar-refractivity contribution in [3.63, 3.8) is 0 Å². The first kappa shape index (κ1) is 14.6. The van der Waals surface area contributed by atoms with E-state index in [2.05, 4.69) is 0 Å². The average molecular weight is 292 g/mol. The van der Waals surface area contributed by atoms with Gasteiger partial charge in [0.15, 0.2) is 6.79 Å². The number of benzene rings is 1. The first-order valence-corrected chi connectivity index (χ1v) is 7.04. The van der Waals surface area contributed by atoms with Crippen molar-refractivity contribution in [2.75, 3.05) is 20.5 Å². The molecule has 0 radical (unpaired) electrons. The summed E-state index contributed by atoms with van der Waals surface area (Å²) in [6.07, 6.45) is 3.20. The fraction of sp³-hybridized carbons (Fsp3) is 0.267. The molecule has 0 saturated carbocycles. The van der Waals surface area contributed by atoms with E-state index < -0.39 is 0 Å². The van der Waals surface area contributed by atoms with Crippen LogP contribution in [-0.2, 0) is 14.3 Å². The van der Waals surface area contributed by atoms with Gasteiger partial charge in [-0.15, -0.1) is 11.3 Å². The summed E-state index contributed by atoms with van der Waals surface area (Å²) in [6.45, 7) is 2.40. The van der Waals surface area contributed by atoms with E-state index in [0.29, 0.717) is 6.61 Å². The molecule has 1 heterocycles. The molecular weight excluding hydrogens is 276 g/mol. The summed E-state index contributed by atoms with van der Waals surface area (Å²) >= 11 is 1.61. The lowest BCUT2D eigenvalue weighted by Gasteiger charge is -2.03. The Bertz CT molecular complexity index is 615. The smallest absolute Gasteiger partial charge is 0.330 e. The van der Waals surface area contributed by atoms with Crippen molar-refractivity contribution in [2.24, 2.45) is 0 Å². The summed E-state index contributed by atoms with van der Waals surface area (Å²) < 4.78 is 16.2. The number of hydrogen-bond acceptors (Lipinski definition) is 5. The van der Waals surface area contributed by atoms with Gasteiger partial charge in [-0.25, -0.2) is 4.79 Å². The highest BCUT2D eigenvalue weighted by atomic mass is 32.1. The zero-order valence-electron chi connectivity index (χ0n) is 11.4. The van der Waals surface area contributed by atoms with Crippen LogP contribution in [0.1, 0.15) is 11.8 Å². The lowest BCUT2D eigenvalue weighted by molar-refractivity contribution is -0.137. The minimum atomic E-state index is -0.325. The molecule has 0 aliphatic rings. The maximum absolute atomic E-state index is 11.3. The Kier molecular flexibility index (Phi) is 5.15. The molecule has 20 heavy (non-hydrogen) atoms. The first-order valence-electron chi connectivity index (χ1n) is 6.23. The number of ether oxygens (including phenoxy) is 3. The fourth-order valence-electron chi connectivity index (χ4n) is 1.68. The normalized spacial score (nSPS) is 11.1. The van der Waals surface area contributed by atoms with E-state index in [1.165, 1.54) is 6.08 Å². The molecule has 0 unspecified atom stereocenters. The summed E-state index contributed by atoms with van der Waals surface area (Å²) in [7, 11) is 1.58. The third kappa shape index (κ3) is 3.82. The minimum absolute atomic E-state index is 0.227. The third-order valence-corrected chi connectivity index (χ3v) is 3.60. The van der Waals surface area contributed by atoms with Crippen LogP contribution in [-0.4, -0.2) is 26.5 Å². The topological polar surface area (TPSA) is 44.8 Å².